The molecule has 1 aliphatic rings. The van der Waals surface area contributed by atoms with Gasteiger partial charge in [-0.2, -0.15) is 0 Å². The van der Waals surface area contributed by atoms with E-state index in [2.05, 4.69) is 0 Å². The molecule has 0 spiro atoms. The van der Waals surface area contributed by atoms with Crippen LogP contribution in [0.15, 0.2) is 21.3 Å². The van der Waals surface area contributed by atoms with E-state index in [0.29, 0.717) is 16.1 Å². The van der Waals surface area contributed by atoms with Crippen molar-refractivity contribution in [1.82, 2.24) is 0 Å². The molecule has 1 atom stereocenters. The molecule has 13 heavy (non-hydrogen) atoms. The molecule has 1 aliphatic carbocycles. The van der Waals surface area contributed by atoms with Gasteiger partial charge in [-0.25, -0.2) is 4.21 Å². The van der Waals surface area contributed by atoms with Crippen molar-refractivity contribution in [2.75, 3.05) is 0 Å². The number of allylic oxidation sites excluding steroid dienone is 2. The number of halogens is 2. The van der Waals surface area contributed by atoms with Gasteiger partial charge in [-0.3, -0.25) is 4.79 Å². The van der Waals surface area contributed by atoms with Crippen molar-refractivity contribution >= 4 is 55.6 Å². The number of carbonyl (C=O) groups is 1. The van der Waals surface area contributed by atoms with Crippen LogP contribution in [0.5, 0.6) is 0 Å². The number of rotatable bonds is 1. The van der Waals surface area contributed by atoms with Gasteiger partial charge in [-0.05, 0) is 40.3 Å². The summed E-state index contributed by atoms with van der Waals surface area (Å²) in [5.74, 6) is 0. The first-order valence-corrected chi connectivity index (χ1v) is 5.47. The molecule has 0 aromatic rings. The summed E-state index contributed by atoms with van der Waals surface area (Å²) in [6.07, 6.45) is 3.20. The number of hydrogen-bond acceptors (Lipinski definition) is 3. The SMILES string of the molecule is NC1C(C(=O)Cl)=CC=C(I)C1=S=O. The molecule has 0 aromatic heterocycles. The van der Waals surface area contributed by atoms with Gasteiger partial charge >= 0.3 is 0 Å². The molecule has 70 valence electrons. The van der Waals surface area contributed by atoms with Crippen LogP contribution in [-0.4, -0.2) is 20.4 Å². The van der Waals surface area contributed by atoms with E-state index in [1.54, 1.807) is 12.2 Å². The minimum absolute atomic E-state index is 0.264. The molecule has 0 fully saturated rings. The first-order chi connectivity index (χ1) is 6.07. The third-order valence-electron chi connectivity index (χ3n) is 1.58. The van der Waals surface area contributed by atoms with Crippen molar-refractivity contribution in [3.63, 3.8) is 0 Å². The average Bonchev–Trinajstić information content (AvgIpc) is 2.04. The molecule has 0 bridgehead atoms. The van der Waals surface area contributed by atoms with Crippen molar-refractivity contribution in [1.29, 1.82) is 0 Å². The Balaban J connectivity index is 3.19. The molecule has 0 radical (unpaired) electrons. The second-order valence-electron chi connectivity index (χ2n) is 2.34. The van der Waals surface area contributed by atoms with Crippen LogP contribution in [0.1, 0.15) is 0 Å². The van der Waals surface area contributed by atoms with E-state index in [1.807, 2.05) is 22.6 Å². The molecule has 0 aliphatic heterocycles. The Morgan fingerprint density at radius 2 is 2.23 bits per heavy atom. The van der Waals surface area contributed by atoms with E-state index in [4.69, 9.17) is 17.3 Å². The lowest BCUT2D eigenvalue weighted by Gasteiger charge is -2.16. The van der Waals surface area contributed by atoms with Crippen molar-refractivity contribution in [3.8, 4) is 0 Å². The predicted molar refractivity (Wildman–Crippen MR) is 62.2 cm³/mol. The minimum Gasteiger partial charge on any atom is -0.319 e. The van der Waals surface area contributed by atoms with Crippen LogP contribution in [-0.2, 0) is 16.1 Å². The van der Waals surface area contributed by atoms with Gasteiger partial charge in [-0.1, -0.05) is 6.08 Å². The summed E-state index contributed by atoms with van der Waals surface area (Å²) in [7, 11) is 0. The lowest BCUT2D eigenvalue weighted by molar-refractivity contribution is -0.108. The predicted octanol–water partition coefficient (Wildman–Crippen LogP) is 0.723. The molecule has 0 saturated carbocycles. The summed E-state index contributed by atoms with van der Waals surface area (Å²) in [5.41, 5.74) is 5.91. The van der Waals surface area contributed by atoms with Gasteiger partial charge < -0.3 is 5.73 Å². The van der Waals surface area contributed by atoms with Crippen LogP contribution in [0.2, 0.25) is 0 Å². The van der Waals surface area contributed by atoms with Gasteiger partial charge in [0.1, 0.15) is 0 Å². The highest BCUT2D eigenvalue weighted by Gasteiger charge is 2.24. The highest BCUT2D eigenvalue weighted by Crippen LogP contribution is 2.20. The lowest BCUT2D eigenvalue weighted by Crippen LogP contribution is -2.36. The second-order valence-corrected chi connectivity index (χ2v) is 4.45. The smallest absolute Gasteiger partial charge is 0.250 e. The largest absolute Gasteiger partial charge is 0.319 e. The Bertz CT molecular complexity index is 371. The van der Waals surface area contributed by atoms with Gasteiger partial charge in [0, 0.05) is 9.15 Å². The standard InChI is InChI=1S/C7H5ClINO2S/c8-7(11)3-1-2-4(9)6(13-12)5(3)10/h1-2,5H,10H2. The summed E-state index contributed by atoms with van der Waals surface area (Å²) in [6, 6.07) is -0.676. The first-order valence-electron chi connectivity index (χ1n) is 3.27. The highest BCUT2D eigenvalue weighted by atomic mass is 127. The Morgan fingerprint density at radius 3 is 2.69 bits per heavy atom. The van der Waals surface area contributed by atoms with E-state index in [0.717, 1.165) is 3.58 Å². The zero-order valence-corrected chi connectivity index (χ0v) is 10.0. The fourth-order valence-corrected chi connectivity index (χ4v) is 2.26. The van der Waals surface area contributed by atoms with Crippen molar-refractivity contribution < 1.29 is 9.00 Å². The second kappa shape index (κ2) is 4.50. The normalized spacial score (nSPS) is 22.1. The molecule has 0 aromatic carbocycles. The van der Waals surface area contributed by atoms with Crippen LogP contribution < -0.4 is 5.73 Å². The first kappa shape index (κ1) is 11.1. The number of carbonyl (C=O) groups excluding carboxylic acids is 1. The minimum atomic E-state index is -0.676. The van der Waals surface area contributed by atoms with Crippen molar-refractivity contribution in [2.24, 2.45) is 5.73 Å². The van der Waals surface area contributed by atoms with Crippen LogP contribution in [0.4, 0.5) is 0 Å². The van der Waals surface area contributed by atoms with Crippen LogP contribution in [0.25, 0.3) is 0 Å². The molecular formula is C7H5ClINO2S. The molecule has 0 amide bonds. The average molecular weight is 330 g/mol. The third-order valence-corrected chi connectivity index (χ3v) is 3.76. The van der Waals surface area contributed by atoms with Gasteiger partial charge in [-0.15, -0.1) is 0 Å². The zero-order valence-electron chi connectivity index (χ0n) is 6.29. The molecule has 3 nitrogen and oxygen atoms in total. The Hall–Kier alpha value is 0.0200. The molecular weight excluding hydrogens is 325 g/mol. The van der Waals surface area contributed by atoms with Crippen LogP contribution in [0.3, 0.4) is 0 Å². The monoisotopic (exact) mass is 329 g/mol. The quantitative estimate of drug-likeness (QED) is 0.438. The fourth-order valence-electron chi connectivity index (χ4n) is 0.918. The lowest BCUT2D eigenvalue weighted by atomic mass is 10.0. The molecule has 0 heterocycles. The van der Waals surface area contributed by atoms with Crippen LogP contribution in [0, 0.1) is 0 Å². The van der Waals surface area contributed by atoms with Crippen molar-refractivity contribution in [3.05, 3.63) is 21.3 Å². The molecule has 1 rings (SSSR count). The maximum Gasteiger partial charge on any atom is 0.250 e. The van der Waals surface area contributed by atoms with Gasteiger partial charge in [0.15, 0.2) is 0 Å². The molecule has 1 unspecified atom stereocenters. The van der Waals surface area contributed by atoms with Gasteiger partial charge in [0.05, 0.1) is 22.2 Å². The Labute approximate surface area is 97.2 Å². The van der Waals surface area contributed by atoms with E-state index < -0.39 is 11.3 Å². The summed E-state index contributed by atoms with van der Waals surface area (Å²) < 4.78 is 11.4. The fraction of sp³-hybridized carbons (Fsp3) is 0.143. The summed E-state index contributed by atoms with van der Waals surface area (Å²) in [4.78, 5) is 11.3. The third kappa shape index (κ3) is 2.28. The van der Waals surface area contributed by atoms with E-state index in [9.17, 15) is 9.00 Å². The highest BCUT2D eigenvalue weighted by molar-refractivity contribution is 14.1. The summed E-state index contributed by atoms with van der Waals surface area (Å²) in [6.45, 7) is 0. The van der Waals surface area contributed by atoms with Gasteiger partial charge in [0.25, 0.3) is 0 Å². The van der Waals surface area contributed by atoms with E-state index in [1.165, 1.54) is 0 Å². The number of nitrogens with two attached hydrogens (primary N) is 1. The number of hydrogen-bond donors (Lipinski definition) is 1. The van der Waals surface area contributed by atoms with Crippen LogP contribution >= 0.6 is 34.2 Å². The molecule has 0 saturated heterocycles. The summed E-state index contributed by atoms with van der Waals surface area (Å²) >= 11 is 7.57. The van der Waals surface area contributed by atoms with E-state index in [-0.39, 0.29) is 5.57 Å². The van der Waals surface area contributed by atoms with Crippen molar-refractivity contribution in [2.45, 2.75) is 6.04 Å². The Morgan fingerprint density at radius 1 is 1.62 bits per heavy atom. The maximum absolute atomic E-state index is 10.8. The zero-order chi connectivity index (χ0) is 10.0. The Kier molecular flexibility index (Phi) is 3.84. The maximum atomic E-state index is 10.8. The topological polar surface area (TPSA) is 60.2 Å². The molecule has 6 heteroatoms. The summed E-state index contributed by atoms with van der Waals surface area (Å²) in [5, 5.41) is -0.612. The van der Waals surface area contributed by atoms with Gasteiger partial charge in [0.2, 0.25) is 5.24 Å². The van der Waals surface area contributed by atoms with E-state index >= 15 is 0 Å². The molecule has 2 N–H and O–H groups in total.